The average Bonchev–Trinajstić information content (AvgIpc) is 1.66. The number of hydrogen-bond acceptors (Lipinski definition) is 29. The second-order valence-corrected chi connectivity index (χ2v) is 29.2. The molecular weight excluding hydrogens is 1590 g/mol. The number of benzene rings is 2. The van der Waals surface area contributed by atoms with Crippen LogP contribution in [-0.2, 0) is 52.4 Å². The number of urea groups is 3. The summed E-state index contributed by atoms with van der Waals surface area (Å²) < 4.78 is 34.9. The van der Waals surface area contributed by atoms with Crippen molar-refractivity contribution in [2.45, 2.75) is 226 Å². The van der Waals surface area contributed by atoms with Crippen LogP contribution in [0.5, 0.6) is 5.75 Å². The van der Waals surface area contributed by atoms with Crippen LogP contribution in [0.1, 0.15) is 152 Å². The first-order valence-electron chi connectivity index (χ1n) is 38.1. The predicted octanol–water partition coefficient (Wildman–Crippen LogP) is 5.94. The van der Waals surface area contributed by atoms with Crippen molar-refractivity contribution >= 4 is 98.9 Å². The van der Waals surface area contributed by atoms with E-state index < -0.39 is 120 Å². The van der Waals surface area contributed by atoms with E-state index in [-0.39, 0.29) is 96.1 Å². The smallest absolute Gasteiger partial charge is 0.348 e. The van der Waals surface area contributed by atoms with Crippen molar-refractivity contribution in [1.29, 1.82) is 0 Å². The summed E-state index contributed by atoms with van der Waals surface area (Å²) in [5.41, 5.74) is 3.70. The van der Waals surface area contributed by atoms with Crippen LogP contribution in [0.2, 0.25) is 0 Å². The molecule has 121 heavy (non-hydrogen) atoms. The molecule has 20 N–H and O–H groups in total. The van der Waals surface area contributed by atoms with E-state index in [1.165, 1.54) is 36.8 Å². The van der Waals surface area contributed by atoms with Gasteiger partial charge in [0.15, 0.2) is 58.4 Å². The summed E-state index contributed by atoms with van der Waals surface area (Å²) >= 11 is 0. The number of hydrogen-bond donors (Lipinski definition) is 20. The number of phenols is 1. The van der Waals surface area contributed by atoms with E-state index in [0.29, 0.717) is 48.3 Å². The Hall–Kier alpha value is -12.4. The minimum Gasteiger partial charge on any atom is -0.508 e. The first kappa shape index (κ1) is 99.1. The van der Waals surface area contributed by atoms with Gasteiger partial charge in [-0.3, -0.25) is 35.1 Å². The molecule has 662 valence electrons. The zero-order valence-electron chi connectivity index (χ0n) is 69.4. The van der Waals surface area contributed by atoms with Gasteiger partial charge in [0.2, 0.25) is 0 Å². The fourth-order valence-electron chi connectivity index (χ4n) is 11.3. The standard InChI is InChI=1S/C19H28N6O8.C16H23NO4.C16H23NO3.C13H18N6O5.C13H18N6O4/c1-8(33-19(2,3)4)10(17(29)30)23-18(31)24-14-11-15(21-6-20-14)25(7-22-11)16-13(28)12(27)9(26)5-32-16;1-11(2)21-15(13-5-7-14(18)8-6-13)10-17-12(3)4-9-16(19)20;1-12(2)20-15(14-7-5-4-6-8-14)11-17-13(3)9-10-16(18)19;1-5(2)24-6(3)7(11(20)21)16-12(22)18-10-8-9(15-4-14-8)17-13(23)19-10;1-6(2)23-7(3)8(12(20)21)18-13(22)19-11-9-10(15-4-14-9)16-5-17-11/h6-10,12-13,16,26-28H,5H2,1-4H3,(H,29,30)(H2,20,21,23,24,31);5-8,11,15,17-18H,3-4,9-10H2,1-2H3,(H,19,20);4-8,12,15,17H,3,9-11H2,1-2H3,(H,18,19);4-7H,1-3H3,(H,20,21)(H4,14,15,16,17,18,19,22,23);4-8H,1-3H3,(H,20,21)(H3,14,15,16,17,18,19,22)/t8-,9-,10?,12+,13+,16?;2*15-;6-,7?;7-,8?/m10011/s1. The van der Waals surface area contributed by atoms with Crippen LogP contribution in [0.4, 0.5) is 31.8 Å². The van der Waals surface area contributed by atoms with Gasteiger partial charge in [-0.2, -0.15) is 4.98 Å². The first-order valence-corrected chi connectivity index (χ1v) is 38.1. The molecule has 44 nitrogen and oxygen atoms in total. The molecule has 1 saturated heterocycles. The van der Waals surface area contributed by atoms with Crippen molar-refractivity contribution < 1.29 is 113 Å². The molecule has 44 heteroatoms. The number of nitrogens with zero attached hydrogens (tertiary/aromatic N) is 9. The molecule has 1 fully saturated rings. The number of aromatic nitrogens is 12. The number of carbonyl (C=O) groups excluding carboxylic acids is 3. The van der Waals surface area contributed by atoms with Gasteiger partial charge in [0, 0.05) is 24.5 Å². The molecular formula is C77H110N20O24. The van der Waals surface area contributed by atoms with E-state index >= 15 is 0 Å². The van der Waals surface area contributed by atoms with E-state index in [1.807, 2.05) is 70.2 Å². The van der Waals surface area contributed by atoms with Gasteiger partial charge in [-0.1, -0.05) is 55.6 Å². The molecule has 9 rings (SSSR count). The second kappa shape index (κ2) is 48.0. The first-order chi connectivity index (χ1) is 56.9. The van der Waals surface area contributed by atoms with Gasteiger partial charge in [0.1, 0.15) is 59.7 Å². The highest BCUT2D eigenvalue weighted by atomic mass is 16.5. The lowest BCUT2D eigenvalue weighted by Crippen LogP contribution is -2.51. The fraction of sp³-hybridized carbons (Fsp3) is 0.494. The third-order valence-electron chi connectivity index (χ3n) is 16.6. The highest BCUT2D eigenvalue weighted by molar-refractivity contribution is 5.99. The van der Waals surface area contributed by atoms with Crippen molar-refractivity contribution in [2.75, 3.05) is 35.6 Å². The van der Waals surface area contributed by atoms with Crippen LogP contribution in [0.3, 0.4) is 0 Å². The monoisotopic (exact) mass is 1700 g/mol. The van der Waals surface area contributed by atoms with Gasteiger partial charge in [-0.25, -0.2) is 68.4 Å². The van der Waals surface area contributed by atoms with Gasteiger partial charge in [-0.15, -0.1) is 0 Å². The minimum absolute atomic E-state index is 0.0179. The molecule has 1 aliphatic rings. The van der Waals surface area contributed by atoms with Crippen LogP contribution in [0.15, 0.2) is 116 Å². The number of carbonyl (C=O) groups is 8. The summed E-state index contributed by atoms with van der Waals surface area (Å²) in [5, 5.41) is 105. The Kier molecular flexibility index (Phi) is 39.3. The number of H-pyrrole nitrogens is 3. The topological polar surface area (TPSA) is 643 Å². The van der Waals surface area contributed by atoms with Gasteiger partial charge in [0.05, 0.1) is 92.9 Å². The molecule has 0 spiro atoms. The highest BCUT2D eigenvalue weighted by Gasteiger charge is 2.40. The number of anilines is 3. The van der Waals surface area contributed by atoms with E-state index in [2.05, 4.69) is 111 Å². The molecule has 7 heterocycles. The summed E-state index contributed by atoms with van der Waals surface area (Å²) in [5.74, 6) is -4.94. The Balaban J connectivity index is 0.000000273. The number of aromatic hydroxyl groups is 1. The molecule has 6 aromatic heterocycles. The van der Waals surface area contributed by atoms with Crippen molar-refractivity contribution in [2.24, 2.45) is 0 Å². The zero-order valence-corrected chi connectivity index (χ0v) is 69.4. The van der Waals surface area contributed by atoms with Crippen molar-refractivity contribution in [3.8, 4) is 5.75 Å². The maximum atomic E-state index is 12.5. The Morgan fingerprint density at radius 1 is 0.545 bits per heavy atom. The van der Waals surface area contributed by atoms with Crippen LogP contribution in [0, 0.1) is 0 Å². The van der Waals surface area contributed by atoms with E-state index in [4.69, 9.17) is 38.6 Å². The van der Waals surface area contributed by atoms with E-state index in [9.17, 15) is 78.9 Å². The number of aliphatic hydroxyl groups excluding tert-OH is 3. The Morgan fingerprint density at radius 3 is 1.49 bits per heavy atom. The number of phenolic OH excluding ortho intramolecular Hbond substituents is 1. The number of fused-ring (bicyclic) bond motifs is 3. The summed E-state index contributed by atoms with van der Waals surface area (Å²) in [6.07, 6.45) is -0.595. The van der Waals surface area contributed by atoms with Crippen molar-refractivity contribution in [3.05, 3.63) is 132 Å². The van der Waals surface area contributed by atoms with Crippen molar-refractivity contribution in [1.82, 2.24) is 86.0 Å². The lowest BCUT2D eigenvalue weighted by molar-refractivity contribution is -0.210. The maximum absolute atomic E-state index is 12.5. The van der Waals surface area contributed by atoms with Crippen molar-refractivity contribution in [3.63, 3.8) is 0 Å². The Morgan fingerprint density at radius 2 is 1.00 bits per heavy atom. The van der Waals surface area contributed by atoms with Crippen LogP contribution < -0.4 is 48.2 Å². The molecule has 4 unspecified atom stereocenters. The Bertz CT molecular complexity index is 4750. The number of amides is 6. The number of imidazole rings is 3. The number of nitrogens with one attached hydrogen (secondary N) is 11. The molecule has 1 aliphatic heterocycles. The maximum Gasteiger partial charge on any atom is 0.348 e. The van der Waals surface area contributed by atoms with Gasteiger partial charge in [-0.05, 0) is 133 Å². The summed E-state index contributed by atoms with van der Waals surface area (Å²) in [6.45, 7) is 33.5. The number of aliphatic hydroxyl groups is 3. The third kappa shape index (κ3) is 33.7. The lowest BCUT2D eigenvalue weighted by Gasteiger charge is -2.35. The minimum atomic E-state index is -1.46. The van der Waals surface area contributed by atoms with E-state index in [1.54, 1.807) is 74.4 Å². The number of carboxylic acid groups (broad SMARTS) is 5. The van der Waals surface area contributed by atoms with Crippen LogP contribution >= 0.6 is 0 Å². The molecule has 12 atom stereocenters. The SMILES string of the molecule is C=C(CCC(=O)O)NC[C@H](OC(C)C)c1ccc(O)cc1.C=C(CCC(=O)O)NC[C@H](OC(C)C)c1ccccc1.CC(C)O[C@H](C)C(NC(=O)Nc1[nH]c(=O)nc2nc[nH]c12)C(=O)O.CC(C)O[C@H](C)C(NC(=O)Nc1ncnc2nc[nH]c12)C(=O)O.C[C@@H](OC(C)(C)C)C(NC(=O)Nc1ncnc2c1ncn2C1OC[C@@H](O)[C@H](O)[C@@H]1O)C(=O)O. The number of rotatable bonds is 36. The van der Waals surface area contributed by atoms with Gasteiger partial charge >= 0.3 is 53.6 Å². The summed E-state index contributed by atoms with van der Waals surface area (Å²) in [4.78, 5) is 143. The predicted molar refractivity (Wildman–Crippen MR) is 437 cm³/mol. The average molecular weight is 1700 g/mol. The lowest BCUT2D eigenvalue weighted by atomic mass is 10.0. The fourth-order valence-corrected chi connectivity index (χ4v) is 11.3. The van der Waals surface area contributed by atoms with Crippen LogP contribution in [-0.4, -0.2) is 258 Å². The molecule has 0 saturated carbocycles. The Labute approximate surface area is 694 Å². The zero-order chi connectivity index (χ0) is 90.1. The highest BCUT2D eigenvalue weighted by Crippen LogP contribution is 2.30. The van der Waals surface area contributed by atoms with Crippen LogP contribution in [0.25, 0.3) is 33.5 Å². The molecule has 0 radical (unpaired) electrons. The number of aliphatic carboxylic acids is 5. The summed E-state index contributed by atoms with van der Waals surface area (Å²) in [7, 11) is 0. The largest absolute Gasteiger partial charge is 0.508 e. The molecule has 0 bridgehead atoms. The number of ether oxygens (including phenoxy) is 6. The van der Waals surface area contributed by atoms with Gasteiger partial charge in [0.25, 0.3) is 0 Å². The molecule has 8 aromatic rings. The number of allylic oxidation sites excluding steroid dienone is 2. The molecule has 2 aromatic carbocycles. The van der Waals surface area contributed by atoms with Gasteiger partial charge < -0.3 is 111 Å². The quantitative estimate of drug-likeness (QED) is 0.0216. The summed E-state index contributed by atoms with van der Waals surface area (Å²) in [6, 6.07) is 10.6. The number of aromatic amines is 3. The van der Waals surface area contributed by atoms with E-state index in [0.717, 1.165) is 23.2 Å². The molecule has 0 aliphatic carbocycles. The number of carboxylic acids is 5. The third-order valence-corrected chi connectivity index (χ3v) is 16.6. The second-order valence-electron chi connectivity index (χ2n) is 29.2. The molecule has 6 amide bonds. The normalized spacial score (nSPS) is 16.4.